The maximum Gasteiger partial charge on any atom is 0.172 e. The lowest BCUT2D eigenvalue weighted by atomic mass is 13.9. The molecule has 0 saturated heterocycles. The monoisotopic (exact) mass is 171 g/mol. The Morgan fingerprint density at radius 3 is 1.67 bits per heavy atom. The van der Waals surface area contributed by atoms with Gasteiger partial charge in [0.05, 0.1) is 10.4 Å². The summed E-state index contributed by atoms with van der Waals surface area (Å²) in [6.45, 7) is -1.07. The molecule has 6 heteroatoms. The van der Waals surface area contributed by atoms with Crippen LogP contribution < -0.4 is 4.65 Å². The summed E-state index contributed by atoms with van der Waals surface area (Å²) < 4.78 is 3.27. The molecular formula is H10ClNSi4. The van der Waals surface area contributed by atoms with Gasteiger partial charge in [0, 0.05) is 19.5 Å². The fourth-order valence-corrected chi connectivity index (χ4v) is 0. The highest BCUT2D eigenvalue weighted by molar-refractivity contribution is 7.61. The van der Waals surface area contributed by atoms with E-state index in [0.717, 1.165) is 10.4 Å². The van der Waals surface area contributed by atoms with Crippen LogP contribution in [0.15, 0.2) is 0 Å². The summed E-state index contributed by atoms with van der Waals surface area (Å²) in [6, 6.07) is 0. The third-order valence-corrected chi connectivity index (χ3v) is 16.1. The van der Waals surface area contributed by atoms with Crippen LogP contribution in [0.25, 0.3) is 0 Å². The summed E-state index contributed by atoms with van der Waals surface area (Å²) >= 11 is 5.90. The Kier molecular flexibility index (Phi) is 2.88. The standard InChI is InChI=1S/ClH10NSi4/c1-6(4,5)2-3/h2H,3-5H3. The fourth-order valence-electron chi connectivity index (χ4n) is 0. The first kappa shape index (κ1) is 7.12. The highest BCUT2D eigenvalue weighted by atomic mass is 35.6. The number of nitrogens with one attached hydrogen (secondary N) is 1. The molecule has 0 saturated carbocycles. The van der Waals surface area contributed by atoms with Crippen molar-refractivity contribution in [1.29, 1.82) is 0 Å². The third kappa shape index (κ3) is 5.12. The predicted octanol–water partition coefficient (Wildman–Crippen LogP) is -3.74. The normalized spacial score (nSPS) is 21.5. The molecule has 0 unspecified atom stereocenters. The topological polar surface area (TPSA) is 12.0 Å². The van der Waals surface area contributed by atoms with E-state index >= 15 is 0 Å². The molecule has 0 rings (SSSR count). The first-order valence-corrected chi connectivity index (χ1v) is 13.0. The molecule has 0 aliphatic heterocycles. The maximum atomic E-state index is 5.90. The van der Waals surface area contributed by atoms with Crippen molar-refractivity contribution >= 4 is 47.6 Å². The molecule has 0 aliphatic rings. The minimum absolute atomic E-state index is 1.07. The average molecular weight is 172 g/mol. The van der Waals surface area contributed by atoms with Crippen molar-refractivity contribution in [1.82, 2.24) is 4.65 Å². The lowest BCUT2D eigenvalue weighted by Gasteiger charge is -2.08. The van der Waals surface area contributed by atoms with Crippen LogP contribution in [0.3, 0.4) is 0 Å². The van der Waals surface area contributed by atoms with Gasteiger partial charge in [-0.1, -0.05) is 0 Å². The Hall–Kier alpha value is 1.12. The van der Waals surface area contributed by atoms with Gasteiger partial charge in [-0.2, -0.15) is 11.1 Å². The van der Waals surface area contributed by atoms with E-state index in [4.69, 9.17) is 11.1 Å². The molecule has 1 N–H and O–H groups in total. The van der Waals surface area contributed by atoms with Crippen LogP contribution >= 0.6 is 11.1 Å². The van der Waals surface area contributed by atoms with Crippen molar-refractivity contribution in [2.75, 3.05) is 0 Å². The summed E-state index contributed by atoms with van der Waals surface area (Å²) in [7, 11) is 3.53. The highest BCUT2D eigenvalue weighted by Crippen LogP contribution is 1.85. The first-order valence-electron chi connectivity index (χ1n) is 1.94. The Balaban J connectivity index is 3.17. The van der Waals surface area contributed by atoms with E-state index in [0.29, 0.717) is 0 Å². The minimum atomic E-state index is -1.07. The quantitative estimate of drug-likeness (QED) is 0.316. The van der Waals surface area contributed by atoms with Crippen LogP contribution in [0.5, 0.6) is 0 Å². The molecule has 0 aromatic carbocycles. The van der Waals surface area contributed by atoms with E-state index < -0.39 is 6.58 Å². The number of rotatable bonds is 1. The SMILES string of the molecule is [SiH3]N[Si]([SiH3])([SiH3])Cl. The largest absolute Gasteiger partial charge is 0.360 e. The molecule has 0 fully saturated rings. The van der Waals surface area contributed by atoms with Crippen molar-refractivity contribution in [2.24, 2.45) is 0 Å². The van der Waals surface area contributed by atoms with E-state index in [1.165, 1.54) is 19.5 Å². The summed E-state index contributed by atoms with van der Waals surface area (Å²) in [6.07, 6.45) is 0. The molecule has 0 aromatic rings. The molecular weight excluding hydrogens is 162 g/mol. The highest BCUT2D eigenvalue weighted by Gasteiger charge is 2.10. The zero-order valence-electron chi connectivity index (χ0n) is 4.38. The van der Waals surface area contributed by atoms with Crippen LogP contribution in [0.1, 0.15) is 0 Å². The molecule has 0 spiro atoms. The lowest BCUT2D eigenvalue weighted by Crippen LogP contribution is -2.45. The smallest absolute Gasteiger partial charge is 0.172 e. The van der Waals surface area contributed by atoms with Gasteiger partial charge in [-0.25, -0.2) is 0 Å². The zero-order chi connectivity index (χ0) is 5.21. The van der Waals surface area contributed by atoms with Gasteiger partial charge in [-0.15, -0.1) is 0 Å². The van der Waals surface area contributed by atoms with Crippen molar-refractivity contribution in [2.45, 2.75) is 0 Å². The van der Waals surface area contributed by atoms with Crippen molar-refractivity contribution in [3.05, 3.63) is 0 Å². The summed E-state index contributed by atoms with van der Waals surface area (Å²) in [5.74, 6) is 0. The molecule has 38 valence electrons. The van der Waals surface area contributed by atoms with Gasteiger partial charge in [0.25, 0.3) is 0 Å². The van der Waals surface area contributed by atoms with Crippen LogP contribution in [-0.2, 0) is 0 Å². The van der Waals surface area contributed by atoms with Crippen LogP contribution in [0.2, 0.25) is 0 Å². The second-order valence-electron chi connectivity index (χ2n) is 1.72. The third-order valence-electron chi connectivity index (χ3n) is 0.594. The zero-order valence-corrected chi connectivity index (χ0v) is 12.1. The van der Waals surface area contributed by atoms with Gasteiger partial charge in [0.2, 0.25) is 0 Å². The lowest BCUT2D eigenvalue weighted by molar-refractivity contribution is 1.64. The summed E-state index contributed by atoms with van der Waals surface area (Å²) in [4.78, 5) is 0. The van der Waals surface area contributed by atoms with Crippen molar-refractivity contribution < 1.29 is 0 Å². The molecule has 6 heavy (non-hydrogen) atoms. The molecule has 0 amide bonds. The molecule has 0 heterocycles. The van der Waals surface area contributed by atoms with Crippen LogP contribution in [0, 0.1) is 0 Å². The molecule has 0 radical (unpaired) electrons. The van der Waals surface area contributed by atoms with E-state index in [2.05, 4.69) is 4.65 Å². The second kappa shape index (κ2) is 2.43. The Bertz CT molecular complexity index is 37.3. The molecule has 0 atom stereocenters. The number of hydrogen-bond acceptors (Lipinski definition) is 1. The molecule has 1 nitrogen and oxygen atoms in total. The minimum Gasteiger partial charge on any atom is -0.360 e. The molecule has 0 aromatic heterocycles. The number of hydrogen-bond donors (Lipinski definition) is 1. The fraction of sp³-hybridized carbons (Fsp3) is 0. The number of halogens is 1. The Morgan fingerprint density at radius 2 is 1.67 bits per heavy atom. The van der Waals surface area contributed by atoms with Gasteiger partial charge in [-0.05, 0) is 0 Å². The van der Waals surface area contributed by atoms with Crippen LogP contribution in [0.4, 0.5) is 0 Å². The van der Waals surface area contributed by atoms with Crippen molar-refractivity contribution in [3.63, 3.8) is 0 Å². The Labute approximate surface area is 52.6 Å². The summed E-state index contributed by atoms with van der Waals surface area (Å²) in [5, 5.41) is 0. The first-order chi connectivity index (χ1) is 2.56. The van der Waals surface area contributed by atoms with E-state index in [1.807, 2.05) is 0 Å². The van der Waals surface area contributed by atoms with Crippen LogP contribution in [-0.4, -0.2) is 36.5 Å². The maximum absolute atomic E-state index is 5.90. The van der Waals surface area contributed by atoms with Gasteiger partial charge >= 0.3 is 0 Å². The molecule has 0 bridgehead atoms. The van der Waals surface area contributed by atoms with Gasteiger partial charge < -0.3 is 4.65 Å². The van der Waals surface area contributed by atoms with Crippen molar-refractivity contribution in [3.8, 4) is 0 Å². The predicted molar refractivity (Wildman–Crippen MR) is 44.6 cm³/mol. The van der Waals surface area contributed by atoms with E-state index in [1.54, 1.807) is 0 Å². The van der Waals surface area contributed by atoms with Gasteiger partial charge in [-0.3, -0.25) is 0 Å². The summed E-state index contributed by atoms with van der Waals surface area (Å²) in [5.41, 5.74) is 0. The molecule has 0 aliphatic carbocycles. The second-order valence-corrected chi connectivity index (χ2v) is 31.3. The van der Waals surface area contributed by atoms with E-state index in [9.17, 15) is 0 Å². The average Bonchev–Trinajstić information content (AvgIpc) is 1.35. The van der Waals surface area contributed by atoms with E-state index in [-0.39, 0.29) is 0 Å². The van der Waals surface area contributed by atoms with Gasteiger partial charge in [0.15, 0.2) is 6.58 Å². The van der Waals surface area contributed by atoms with Gasteiger partial charge in [0.1, 0.15) is 0 Å². The Morgan fingerprint density at radius 1 is 1.50 bits per heavy atom.